The number of nitrogens with two attached hydrogens (primary N) is 1. The van der Waals surface area contributed by atoms with Crippen LogP contribution in [0.4, 0.5) is 0 Å². The van der Waals surface area contributed by atoms with E-state index >= 15 is 0 Å². The fraction of sp³-hybridized carbons (Fsp3) is 0.429. The first-order valence-corrected chi connectivity index (χ1v) is 7.34. The Bertz CT molecular complexity index is 644. The minimum atomic E-state index is -1.23. The lowest BCUT2D eigenvalue weighted by molar-refractivity contribution is -0.142. The molecular formula is C14H18ClN3O5. The minimum Gasteiger partial charge on any atom is -0.480 e. The fourth-order valence-electron chi connectivity index (χ4n) is 1.90. The third-order valence-corrected chi connectivity index (χ3v) is 3.29. The molecule has 9 heteroatoms. The second-order valence-electron chi connectivity index (χ2n) is 4.95. The van der Waals surface area contributed by atoms with Gasteiger partial charge < -0.3 is 20.7 Å². The molecular weight excluding hydrogens is 326 g/mol. The van der Waals surface area contributed by atoms with E-state index in [1.54, 1.807) is 0 Å². The van der Waals surface area contributed by atoms with Crippen LogP contribution in [0.1, 0.15) is 25.7 Å². The molecule has 4 N–H and O–H groups in total. The molecule has 0 radical (unpaired) electrons. The Balaban J connectivity index is 2.46. The molecule has 1 aromatic rings. The summed E-state index contributed by atoms with van der Waals surface area (Å²) in [5, 5.41) is 11.7. The van der Waals surface area contributed by atoms with Gasteiger partial charge in [0.2, 0.25) is 11.8 Å². The highest BCUT2D eigenvalue weighted by Crippen LogP contribution is 2.05. The van der Waals surface area contributed by atoms with Crippen LogP contribution in [0, 0.1) is 0 Å². The summed E-state index contributed by atoms with van der Waals surface area (Å²) >= 11 is 5.78. The highest BCUT2D eigenvalue weighted by Gasteiger charge is 2.20. The van der Waals surface area contributed by atoms with Crippen LogP contribution in [0.25, 0.3) is 0 Å². The van der Waals surface area contributed by atoms with Crippen LogP contribution in [-0.2, 0) is 20.9 Å². The molecule has 1 aromatic heterocycles. The van der Waals surface area contributed by atoms with Crippen molar-refractivity contribution in [2.75, 3.05) is 0 Å². The van der Waals surface area contributed by atoms with E-state index in [1.807, 2.05) is 0 Å². The van der Waals surface area contributed by atoms with Gasteiger partial charge in [-0.3, -0.25) is 14.4 Å². The standard InChI is InChI=1S/C14H18ClN3O5/c15-9-3-6-13(21)18(8-9)7-1-2-12(20)17-10(14(22)23)4-5-11(16)19/h3,6,8,10H,1-2,4-5,7H2,(H2,16,19)(H,17,20)(H,22,23). The number of carboxylic acid groups (broad SMARTS) is 1. The number of primary amides is 1. The van der Waals surface area contributed by atoms with Gasteiger partial charge in [-0.15, -0.1) is 0 Å². The molecule has 23 heavy (non-hydrogen) atoms. The maximum Gasteiger partial charge on any atom is 0.326 e. The zero-order chi connectivity index (χ0) is 17.4. The van der Waals surface area contributed by atoms with Gasteiger partial charge in [0.15, 0.2) is 0 Å². The lowest BCUT2D eigenvalue weighted by Gasteiger charge is -2.13. The summed E-state index contributed by atoms with van der Waals surface area (Å²) in [6.45, 7) is 0.284. The molecule has 1 rings (SSSR count). The van der Waals surface area contributed by atoms with Crippen LogP contribution >= 0.6 is 11.6 Å². The number of rotatable bonds is 9. The van der Waals surface area contributed by atoms with Crippen molar-refractivity contribution < 1.29 is 19.5 Å². The maximum absolute atomic E-state index is 11.7. The Hall–Kier alpha value is -2.35. The van der Waals surface area contributed by atoms with Crippen molar-refractivity contribution in [2.24, 2.45) is 5.73 Å². The summed E-state index contributed by atoms with van der Waals surface area (Å²) in [6, 6.07) is 1.64. The SMILES string of the molecule is NC(=O)CCC(NC(=O)CCCn1cc(Cl)ccc1=O)C(=O)O. The van der Waals surface area contributed by atoms with Crippen LogP contribution in [0.5, 0.6) is 0 Å². The number of aliphatic carboxylic acids is 1. The van der Waals surface area contributed by atoms with E-state index in [0.29, 0.717) is 11.4 Å². The topological polar surface area (TPSA) is 131 Å². The van der Waals surface area contributed by atoms with Gasteiger partial charge in [-0.25, -0.2) is 4.79 Å². The number of halogens is 1. The van der Waals surface area contributed by atoms with Crippen LogP contribution < -0.4 is 16.6 Å². The first-order chi connectivity index (χ1) is 10.8. The Morgan fingerprint density at radius 1 is 1.30 bits per heavy atom. The normalized spacial score (nSPS) is 11.7. The lowest BCUT2D eigenvalue weighted by atomic mass is 10.1. The average Bonchev–Trinajstić information content (AvgIpc) is 2.46. The summed E-state index contributed by atoms with van der Waals surface area (Å²) < 4.78 is 1.37. The molecule has 1 atom stereocenters. The summed E-state index contributed by atoms with van der Waals surface area (Å²) in [6.07, 6.45) is 1.65. The van der Waals surface area contributed by atoms with Crippen molar-refractivity contribution in [2.45, 2.75) is 38.3 Å². The van der Waals surface area contributed by atoms with Gasteiger partial charge in [0.25, 0.3) is 5.56 Å². The number of hydrogen-bond acceptors (Lipinski definition) is 4. The molecule has 0 spiro atoms. The van der Waals surface area contributed by atoms with Gasteiger partial charge in [0, 0.05) is 31.6 Å². The van der Waals surface area contributed by atoms with E-state index in [2.05, 4.69) is 5.32 Å². The Kier molecular flexibility index (Phi) is 7.27. The Labute approximate surface area is 137 Å². The van der Waals surface area contributed by atoms with E-state index < -0.39 is 23.8 Å². The molecule has 0 bridgehead atoms. The molecule has 0 aliphatic rings. The van der Waals surface area contributed by atoms with Crippen LogP contribution in [0.3, 0.4) is 0 Å². The van der Waals surface area contributed by atoms with Gasteiger partial charge in [-0.1, -0.05) is 11.6 Å². The van der Waals surface area contributed by atoms with Crippen molar-refractivity contribution in [1.29, 1.82) is 0 Å². The second kappa shape index (κ2) is 8.94. The first-order valence-electron chi connectivity index (χ1n) is 6.96. The molecule has 0 aromatic carbocycles. The number of amides is 2. The highest BCUT2D eigenvalue weighted by atomic mass is 35.5. The number of carbonyl (C=O) groups is 3. The van der Waals surface area contributed by atoms with Gasteiger partial charge in [0.1, 0.15) is 6.04 Å². The zero-order valence-electron chi connectivity index (χ0n) is 12.3. The number of nitrogens with zero attached hydrogens (tertiary/aromatic N) is 1. The molecule has 0 aliphatic carbocycles. The number of aryl methyl sites for hydroxylation is 1. The summed E-state index contributed by atoms with van der Waals surface area (Å²) in [5.74, 6) is -2.34. The fourth-order valence-corrected chi connectivity index (χ4v) is 2.08. The number of nitrogens with one attached hydrogen (secondary N) is 1. The Morgan fingerprint density at radius 2 is 2.00 bits per heavy atom. The van der Waals surface area contributed by atoms with E-state index in [9.17, 15) is 19.2 Å². The third-order valence-electron chi connectivity index (χ3n) is 3.06. The van der Waals surface area contributed by atoms with Crippen LogP contribution in [0.2, 0.25) is 5.02 Å². The number of carbonyl (C=O) groups excluding carboxylic acids is 2. The first kappa shape index (κ1) is 18.7. The van der Waals surface area contributed by atoms with Gasteiger partial charge in [-0.2, -0.15) is 0 Å². The van der Waals surface area contributed by atoms with Crippen LogP contribution in [-0.4, -0.2) is 33.5 Å². The van der Waals surface area contributed by atoms with Gasteiger partial charge in [-0.05, 0) is 18.9 Å². The molecule has 126 valence electrons. The zero-order valence-corrected chi connectivity index (χ0v) is 13.1. The number of aromatic nitrogens is 1. The lowest BCUT2D eigenvalue weighted by Crippen LogP contribution is -2.41. The predicted octanol–water partition coefficient (Wildman–Crippen LogP) is 0.117. The molecule has 8 nitrogen and oxygen atoms in total. The number of pyridine rings is 1. The van der Waals surface area contributed by atoms with E-state index in [-0.39, 0.29) is 31.4 Å². The van der Waals surface area contributed by atoms with Gasteiger partial charge in [0.05, 0.1) is 5.02 Å². The average molecular weight is 344 g/mol. The minimum absolute atomic E-state index is 0.0410. The van der Waals surface area contributed by atoms with Crippen molar-refractivity contribution in [1.82, 2.24) is 9.88 Å². The quantitative estimate of drug-likeness (QED) is 0.586. The summed E-state index contributed by atoms with van der Waals surface area (Å²) in [4.78, 5) is 45.0. The summed E-state index contributed by atoms with van der Waals surface area (Å²) in [7, 11) is 0. The number of hydrogen-bond donors (Lipinski definition) is 3. The summed E-state index contributed by atoms with van der Waals surface area (Å²) in [5.41, 5.74) is 4.72. The van der Waals surface area contributed by atoms with E-state index in [1.165, 1.54) is 22.9 Å². The van der Waals surface area contributed by atoms with Crippen molar-refractivity contribution in [3.05, 3.63) is 33.7 Å². The highest BCUT2D eigenvalue weighted by molar-refractivity contribution is 6.30. The molecule has 1 unspecified atom stereocenters. The van der Waals surface area contributed by atoms with E-state index in [4.69, 9.17) is 22.4 Å². The molecule has 2 amide bonds. The third kappa shape index (κ3) is 6.96. The van der Waals surface area contributed by atoms with E-state index in [0.717, 1.165) is 0 Å². The van der Waals surface area contributed by atoms with Crippen molar-refractivity contribution in [3.8, 4) is 0 Å². The predicted molar refractivity (Wildman–Crippen MR) is 82.9 cm³/mol. The monoisotopic (exact) mass is 343 g/mol. The van der Waals surface area contributed by atoms with Gasteiger partial charge >= 0.3 is 5.97 Å². The molecule has 0 saturated heterocycles. The number of carboxylic acids is 1. The Morgan fingerprint density at radius 3 is 2.61 bits per heavy atom. The molecule has 0 aliphatic heterocycles. The molecule has 0 fully saturated rings. The van der Waals surface area contributed by atoms with Crippen molar-refractivity contribution >= 4 is 29.4 Å². The molecule has 1 heterocycles. The van der Waals surface area contributed by atoms with Crippen molar-refractivity contribution in [3.63, 3.8) is 0 Å². The smallest absolute Gasteiger partial charge is 0.326 e. The van der Waals surface area contributed by atoms with Crippen LogP contribution in [0.15, 0.2) is 23.1 Å². The second-order valence-corrected chi connectivity index (χ2v) is 5.38. The molecule has 0 saturated carbocycles. The maximum atomic E-state index is 11.7. The largest absolute Gasteiger partial charge is 0.480 e.